The largest absolute Gasteiger partial charge is 0.322 e. The van der Waals surface area contributed by atoms with Crippen LogP contribution in [0.15, 0.2) is 85.0 Å². The Morgan fingerprint density at radius 1 is 0.667 bits per heavy atom. The number of hydrogen-bond acceptors (Lipinski definition) is 2. The Balaban J connectivity index is 1.79. The van der Waals surface area contributed by atoms with Crippen LogP contribution in [0.2, 0.25) is 0 Å². The minimum Gasteiger partial charge on any atom is -0.322 e. The second-order valence-corrected chi connectivity index (χ2v) is 5.35. The van der Waals surface area contributed by atoms with Crippen LogP contribution in [0.5, 0.6) is 0 Å². The van der Waals surface area contributed by atoms with Crippen LogP contribution in [0, 0.1) is 0 Å². The van der Waals surface area contributed by atoms with E-state index in [1.54, 1.807) is 24.3 Å². The molecule has 2 amide bonds. The summed E-state index contributed by atoms with van der Waals surface area (Å²) in [5.74, 6) is -0.505. The van der Waals surface area contributed by atoms with E-state index >= 15 is 0 Å². The summed E-state index contributed by atoms with van der Waals surface area (Å²) in [5, 5.41) is 5.53. The average molecular weight is 320 g/mol. The van der Waals surface area contributed by atoms with Crippen LogP contribution in [0.25, 0.3) is 0 Å². The maximum absolute atomic E-state index is 12.0. The first-order valence-corrected chi connectivity index (χ1v) is 7.64. The lowest BCUT2D eigenvalue weighted by Gasteiger charge is -2.10. The van der Waals surface area contributed by atoms with Crippen LogP contribution in [0.4, 0.5) is 11.4 Å². The Morgan fingerprint density at radius 3 is 1.33 bits per heavy atom. The molecular weight excluding hydrogens is 300 g/mol. The topological polar surface area (TPSA) is 58.2 Å². The Hall–Kier alpha value is -3.14. The van der Waals surface area contributed by atoms with E-state index in [1.165, 1.54) is 0 Å². The van der Waals surface area contributed by atoms with Crippen molar-refractivity contribution in [2.45, 2.75) is 12.8 Å². The van der Waals surface area contributed by atoms with Crippen LogP contribution in [-0.4, -0.2) is 11.8 Å². The van der Waals surface area contributed by atoms with Gasteiger partial charge in [0.2, 0.25) is 0 Å². The van der Waals surface area contributed by atoms with Gasteiger partial charge >= 0.3 is 0 Å². The summed E-state index contributed by atoms with van der Waals surface area (Å²) in [6.45, 7) is 7.56. The minimum absolute atomic E-state index is 0.252. The van der Waals surface area contributed by atoms with Crippen molar-refractivity contribution < 1.29 is 9.59 Å². The van der Waals surface area contributed by atoms with E-state index in [0.717, 1.165) is 0 Å². The molecule has 0 aliphatic heterocycles. The van der Waals surface area contributed by atoms with Gasteiger partial charge in [0, 0.05) is 22.5 Å². The summed E-state index contributed by atoms with van der Waals surface area (Å²) in [4.78, 5) is 24.1. The molecule has 0 heterocycles. The van der Waals surface area contributed by atoms with Gasteiger partial charge in [0.05, 0.1) is 0 Å². The normalized spacial score (nSPS) is 9.83. The number of para-hydroxylation sites is 2. The highest BCUT2D eigenvalue weighted by Gasteiger charge is 2.11. The van der Waals surface area contributed by atoms with E-state index in [9.17, 15) is 9.59 Å². The Kier molecular flexibility index (Phi) is 6.08. The number of benzene rings is 2. The van der Waals surface area contributed by atoms with E-state index in [2.05, 4.69) is 23.8 Å². The van der Waals surface area contributed by atoms with Crippen molar-refractivity contribution in [1.82, 2.24) is 0 Å². The zero-order valence-electron chi connectivity index (χ0n) is 13.4. The summed E-state index contributed by atoms with van der Waals surface area (Å²) < 4.78 is 0. The van der Waals surface area contributed by atoms with Gasteiger partial charge in [-0.2, -0.15) is 0 Å². The molecule has 2 aromatic carbocycles. The molecule has 2 rings (SSSR count). The SMILES string of the molecule is C=C(CCC(=C)C(=O)Nc1ccccc1)C(=O)Nc1ccccc1. The molecule has 2 aromatic rings. The molecule has 0 saturated carbocycles. The summed E-state index contributed by atoms with van der Waals surface area (Å²) in [7, 11) is 0. The molecule has 4 heteroatoms. The number of carbonyl (C=O) groups is 2. The first-order chi connectivity index (χ1) is 11.6. The van der Waals surface area contributed by atoms with Crippen molar-refractivity contribution in [2.75, 3.05) is 10.6 Å². The van der Waals surface area contributed by atoms with Crippen LogP contribution < -0.4 is 10.6 Å². The molecule has 0 atom stereocenters. The second-order valence-electron chi connectivity index (χ2n) is 5.35. The first kappa shape index (κ1) is 17.2. The van der Waals surface area contributed by atoms with Gasteiger partial charge in [-0.1, -0.05) is 49.6 Å². The number of rotatable bonds is 7. The number of anilines is 2. The fraction of sp³-hybridized carbons (Fsp3) is 0.100. The molecule has 0 radical (unpaired) electrons. The third kappa shape index (κ3) is 5.25. The molecule has 0 spiro atoms. The number of carbonyl (C=O) groups excluding carboxylic acids is 2. The molecule has 0 aliphatic carbocycles. The molecule has 0 unspecified atom stereocenters. The molecule has 4 nitrogen and oxygen atoms in total. The smallest absolute Gasteiger partial charge is 0.250 e. The summed E-state index contributed by atoms with van der Waals surface area (Å²) in [6.07, 6.45) is 0.749. The number of hydrogen-bond donors (Lipinski definition) is 2. The second kappa shape index (κ2) is 8.48. The van der Waals surface area contributed by atoms with E-state index < -0.39 is 0 Å². The van der Waals surface area contributed by atoms with Crippen molar-refractivity contribution in [3.8, 4) is 0 Å². The fourth-order valence-corrected chi connectivity index (χ4v) is 2.01. The van der Waals surface area contributed by atoms with Crippen molar-refractivity contribution in [2.24, 2.45) is 0 Å². The zero-order chi connectivity index (χ0) is 17.4. The molecule has 0 saturated heterocycles. The van der Waals surface area contributed by atoms with Gasteiger partial charge in [-0.15, -0.1) is 0 Å². The third-order valence-electron chi connectivity index (χ3n) is 3.43. The van der Waals surface area contributed by atoms with Crippen LogP contribution in [0.1, 0.15) is 12.8 Å². The molecule has 122 valence electrons. The monoisotopic (exact) mass is 320 g/mol. The third-order valence-corrected chi connectivity index (χ3v) is 3.43. The highest BCUT2D eigenvalue weighted by molar-refractivity contribution is 6.05. The van der Waals surface area contributed by atoms with E-state index in [-0.39, 0.29) is 11.8 Å². The van der Waals surface area contributed by atoms with Gasteiger partial charge in [0.1, 0.15) is 0 Å². The van der Waals surface area contributed by atoms with Crippen LogP contribution in [-0.2, 0) is 9.59 Å². The van der Waals surface area contributed by atoms with Crippen molar-refractivity contribution >= 4 is 23.2 Å². The fourth-order valence-electron chi connectivity index (χ4n) is 2.01. The minimum atomic E-state index is -0.252. The molecule has 0 aromatic heterocycles. The van der Waals surface area contributed by atoms with Gasteiger partial charge in [-0.25, -0.2) is 0 Å². The number of amides is 2. The maximum atomic E-state index is 12.0. The lowest BCUT2D eigenvalue weighted by Crippen LogP contribution is -2.16. The van der Waals surface area contributed by atoms with E-state index in [1.807, 2.05) is 36.4 Å². The highest BCUT2D eigenvalue weighted by atomic mass is 16.2. The van der Waals surface area contributed by atoms with Gasteiger partial charge in [-0.05, 0) is 37.1 Å². The van der Waals surface area contributed by atoms with Crippen molar-refractivity contribution in [3.63, 3.8) is 0 Å². The molecule has 0 fully saturated rings. The highest BCUT2D eigenvalue weighted by Crippen LogP contribution is 2.14. The zero-order valence-corrected chi connectivity index (χ0v) is 13.4. The van der Waals surface area contributed by atoms with E-state index in [4.69, 9.17) is 0 Å². The van der Waals surface area contributed by atoms with Crippen molar-refractivity contribution in [3.05, 3.63) is 85.0 Å². The van der Waals surface area contributed by atoms with Gasteiger partial charge in [0.25, 0.3) is 11.8 Å². The quantitative estimate of drug-likeness (QED) is 0.753. The van der Waals surface area contributed by atoms with Crippen LogP contribution in [0.3, 0.4) is 0 Å². The van der Waals surface area contributed by atoms with Crippen LogP contribution >= 0.6 is 0 Å². The molecule has 2 N–H and O–H groups in total. The Labute approximate surface area is 141 Å². The predicted octanol–water partition coefficient (Wildman–Crippen LogP) is 4.16. The Bertz CT molecular complexity index is 671. The Morgan fingerprint density at radius 2 is 1.00 bits per heavy atom. The standard InChI is InChI=1S/C20H20N2O2/c1-15(19(23)21-17-9-5-3-6-10-17)13-14-16(2)20(24)22-18-11-7-4-8-12-18/h3-12H,1-2,13-14H2,(H,21,23)(H,22,24). The van der Waals surface area contributed by atoms with E-state index in [0.29, 0.717) is 35.4 Å². The molecule has 0 bridgehead atoms. The summed E-state index contributed by atoms with van der Waals surface area (Å²) in [6, 6.07) is 18.3. The summed E-state index contributed by atoms with van der Waals surface area (Å²) in [5.41, 5.74) is 2.24. The van der Waals surface area contributed by atoms with Gasteiger partial charge in [0.15, 0.2) is 0 Å². The van der Waals surface area contributed by atoms with Crippen molar-refractivity contribution in [1.29, 1.82) is 0 Å². The molecular formula is C20H20N2O2. The predicted molar refractivity (Wildman–Crippen MR) is 97.7 cm³/mol. The average Bonchev–Trinajstić information content (AvgIpc) is 2.61. The first-order valence-electron chi connectivity index (χ1n) is 7.64. The van der Waals surface area contributed by atoms with Gasteiger partial charge < -0.3 is 10.6 Å². The summed E-state index contributed by atoms with van der Waals surface area (Å²) >= 11 is 0. The lowest BCUT2D eigenvalue weighted by molar-refractivity contribution is -0.114. The van der Waals surface area contributed by atoms with Gasteiger partial charge in [-0.3, -0.25) is 9.59 Å². The maximum Gasteiger partial charge on any atom is 0.250 e. The molecule has 0 aliphatic rings. The number of nitrogens with one attached hydrogen (secondary N) is 2. The molecule has 24 heavy (non-hydrogen) atoms. The lowest BCUT2D eigenvalue weighted by atomic mass is 10.1.